The molecule has 1 aliphatic rings. The Morgan fingerprint density at radius 2 is 2.28 bits per heavy atom. The lowest BCUT2D eigenvalue weighted by atomic mass is 10.2. The van der Waals surface area contributed by atoms with Crippen LogP contribution in [0.15, 0.2) is 0 Å². The van der Waals surface area contributed by atoms with E-state index < -0.39 is 0 Å². The first-order chi connectivity index (χ1) is 8.65. The second-order valence-electron chi connectivity index (χ2n) is 4.37. The maximum atomic E-state index is 11.0. The molecule has 0 aromatic rings. The first-order valence-electron chi connectivity index (χ1n) is 6.37. The third-order valence-corrected chi connectivity index (χ3v) is 2.68. The van der Waals surface area contributed by atoms with Gasteiger partial charge >= 0.3 is 5.97 Å². The Bertz CT molecular complexity index is 249. The van der Waals surface area contributed by atoms with Crippen LogP contribution in [0.4, 0.5) is 0 Å². The highest BCUT2D eigenvalue weighted by Gasteiger charge is 2.24. The lowest BCUT2D eigenvalue weighted by Gasteiger charge is -2.35. The van der Waals surface area contributed by atoms with Gasteiger partial charge in [-0.05, 0) is 13.8 Å². The van der Waals surface area contributed by atoms with E-state index in [1.807, 2.05) is 6.92 Å². The molecule has 2 atom stereocenters. The van der Waals surface area contributed by atoms with Gasteiger partial charge < -0.3 is 19.3 Å². The summed E-state index contributed by atoms with van der Waals surface area (Å²) in [5, 5.41) is 9.09. The molecular weight excluding hydrogens is 238 g/mol. The molecule has 6 heteroatoms. The fourth-order valence-corrected chi connectivity index (χ4v) is 1.98. The van der Waals surface area contributed by atoms with Crippen molar-refractivity contribution < 1.29 is 24.1 Å². The predicted molar refractivity (Wildman–Crippen MR) is 65.3 cm³/mol. The summed E-state index contributed by atoms with van der Waals surface area (Å²) in [6, 6.07) is 0. The molecule has 106 valence electrons. The minimum Gasteiger partial charge on any atom is -0.464 e. The smallest absolute Gasteiger partial charge is 0.332 e. The Balaban J connectivity index is 2.13. The number of carbonyl (C=O) groups is 1. The minimum absolute atomic E-state index is 0.00282. The van der Waals surface area contributed by atoms with Crippen LogP contribution >= 0.6 is 0 Å². The highest BCUT2D eigenvalue weighted by Crippen LogP contribution is 2.10. The molecular formula is C12H23NO5. The second-order valence-corrected chi connectivity index (χ2v) is 4.37. The van der Waals surface area contributed by atoms with Gasteiger partial charge in [-0.15, -0.1) is 0 Å². The number of rotatable bonds is 7. The zero-order chi connectivity index (χ0) is 13.4. The van der Waals surface area contributed by atoms with E-state index in [0.29, 0.717) is 19.8 Å². The molecule has 1 aliphatic heterocycles. The highest BCUT2D eigenvalue weighted by atomic mass is 16.6. The molecule has 0 aromatic heterocycles. The Labute approximate surface area is 108 Å². The number of hydrogen-bond acceptors (Lipinski definition) is 6. The number of aliphatic hydroxyl groups is 1. The Morgan fingerprint density at radius 3 is 2.94 bits per heavy atom. The number of hydrogen-bond donors (Lipinski definition) is 1. The van der Waals surface area contributed by atoms with Crippen molar-refractivity contribution in [1.82, 2.24) is 4.90 Å². The van der Waals surface area contributed by atoms with Gasteiger partial charge in [0.05, 0.1) is 32.0 Å². The molecule has 0 spiro atoms. The normalized spacial score (nSPS) is 25.1. The third kappa shape index (κ3) is 5.77. The topological polar surface area (TPSA) is 68.2 Å². The largest absolute Gasteiger partial charge is 0.464 e. The lowest BCUT2D eigenvalue weighted by Crippen LogP contribution is -2.48. The second kappa shape index (κ2) is 8.42. The van der Waals surface area contributed by atoms with Gasteiger partial charge in [-0.2, -0.15) is 0 Å². The van der Waals surface area contributed by atoms with Gasteiger partial charge in [0.25, 0.3) is 0 Å². The van der Waals surface area contributed by atoms with E-state index in [9.17, 15) is 4.79 Å². The quantitative estimate of drug-likeness (QED) is 0.499. The number of morpholine rings is 1. The van der Waals surface area contributed by atoms with Crippen LogP contribution in [0.5, 0.6) is 0 Å². The van der Waals surface area contributed by atoms with Gasteiger partial charge in [-0.1, -0.05) is 0 Å². The van der Waals surface area contributed by atoms with Crippen molar-refractivity contribution in [2.45, 2.75) is 26.1 Å². The first kappa shape index (κ1) is 15.4. The molecule has 1 saturated heterocycles. The van der Waals surface area contributed by atoms with Crippen LogP contribution in [0.2, 0.25) is 0 Å². The molecule has 1 rings (SSSR count). The SMILES string of the molecule is CCOC(=O)COCCN1CC(C)OC(CO)C1. The molecule has 0 bridgehead atoms. The van der Waals surface area contributed by atoms with Gasteiger partial charge in [0.2, 0.25) is 0 Å². The summed E-state index contributed by atoms with van der Waals surface area (Å²) < 4.78 is 15.5. The van der Waals surface area contributed by atoms with Crippen LogP contribution < -0.4 is 0 Å². The number of esters is 1. The summed E-state index contributed by atoms with van der Waals surface area (Å²) in [6.45, 7) is 6.87. The maximum absolute atomic E-state index is 11.0. The average molecular weight is 261 g/mol. The van der Waals surface area contributed by atoms with E-state index in [4.69, 9.17) is 19.3 Å². The molecule has 1 N–H and O–H groups in total. The molecule has 2 unspecified atom stereocenters. The molecule has 0 aliphatic carbocycles. The molecule has 6 nitrogen and oxygen atoms in total. The molecule has 1 fully saturated rings. The van der Waals surface area contributed by atoms with Crippen molar-refractivity contribution in [3.8, 4) is 0 Å². The highest BCUT2D eigenvalue weighted by molar-refractivity contribution is 5.70. The Morgan fingerprint density at radius 1 is 1.50 bits per heavy atom. The van der Waals surface area contributed by atoms with E-state index in [1.54, 1.807) is 6.92 Å². The summed E-state index contributed by atoms with van der Waals surface area (Å²) in [7, 11) is 0. The summed E-state index contributed by atoms with van der Waals surface area (Å²) in [5.41, 5.74) is 0. The standard InChI is InChI=1S/C12H23NO5/c1-3-17-12(15)9-16-5-4-13-6-10(2)18-11(7-13)8-14/h10-11,14H,3-9H2,1-2H3. The summed E-state index contributed by atoms with van der Waals surface area (Å²) in [6.07, 6.45) is -0.0141. The molecule has 1 heterocycles. The summed E-state index contributed by atoms with van der Waals surface area (Å²) >= 11 is 0. The first-order valence-corrected chi connectivity index (χ1v) is 6.37. The van der Waals surface area contributed by atoms with Gasteiger partial charge in [-0.25, -0.2) is 4.79 Å². The van der Waals surface area contributed by atoms with E-state index in [1.165, 1.54) is 0 Å². The Hall–Kier alpha value is -0.690. The molecule has 0 aromatic carbocycles. The zero-order valence-electron chi connectivity index (χ0n) is 11.1. The number of nitrogens with zero attached hydrogens (tertiary/aromatic N) is 1. The lowest BCUT2D eigenvalue weighted by molar-refractivity contribution is -0.149. The molecule has 0 saturated carbocycles. The minimum atomic E-state index is -0.332. The van der Waals surface area contributed by atoms with Crippen molar-refractivity contribution in [2.75, 3.05) is 46.1 Å². The molecule has 0 radical (unpaired) electrons. The van der Waals surface area contributed by atoms with E-state index >= 15 is 0 Å². The van der Waals surface area contributed by atoms with Crippen molar-refractivity contribution >= 4 is 5.97 Å². The third-order valence-electron chi connectivity index (χ3n) is 2.68. The van der Waals surface area contributed by atoms with E-state index in [2.05, 4.69) is 4.90 Å². The fraction of sp³-hybridized carbons (Fsp3) is 0.917. The van der Waals surface area contributed by atoms with Crippen molar-refractivity contribution in [3.63, 3.8) is 0 Å². The average Bonchev–Trinajstić information content (AvgIpc) is 2.34. The van der Waals surface area contributed by atoms with Crippen molar-refractivity contribution in [3.05, 3.63) is 0 Å². The van der Waals surface area contributed by atoms with Crippen molar-refractivity contribution in [1.29, 1.82) is 0 Å². The fourth-order valence-electron chi connectivity index (χ4n) is 1.98. The van der Waals surface area contributed by atoms with Crippen LogP contribution in [0.25, 0.3) is 0 Å². The summed E-state index contributed by atoms with van der Waals surface area (Å²) in [4.78, 5) is 13.2. The van der Waals surface area contributed by atoms with Crippen LogP contribution in [0, 0.1) is 0 Å². The van der Waals surface area contributed by atoms with Crippen LogP contribution in [-0.4, -0.2) is 74.2 Å². The van der Waals surface area contributed by atoms with Gasteiger partial charge in [0, 0.05) is 19.6 Å². The molecule has 18 heavy (non-hydrogen) atoms. The van der Waals surface area contributed by atoms with E-state index in [-0.39, 0.29) is 31.4 Å². The monoisotopic (exact) mass is 261 g/mol. The van der Waals surface area contributed by atoms with Crippen LogP contribution in [0.1, 0.15) is 13.8 Å². The van der Waals surface area contributed by atoms with Crippen LogP contribution in [0.3, 0.4) is 0 Å². The number of ether oxygens (including phenoxy) is 3. The zero-order valence-corrected chi connectivity index (χ0v) is 11.1. The van der Waals surface area contributed by atoms with Gasteiger partial charge in [-0.3, -0.25) is 4.90 Å². The van der Waals surface area contributed by atoms with Crippen LogP contribution in [-0.2, 0) is 19.0 Å². The van der Waals surface area contributed by atoms with Gasteiger partial charge in [0.1, 0.15) is 6.61 Å². The van der Waals surface area contributed by atoms with Gasteiger partial charge in [0.15, 0.2) is 0 Å². The Kier molecular flexibility index (Phi) is 7.19. The van der Waals surface area contributed by atoms with Crippen molar-refractivity contribution in [2.24, 2.45) is 0 Å². The summed E-state index contributed by atoms with van der Waals surface area (Å²) in [5.74, 6) is -0.332. The number of carbonyl (C=O) groups excluding carboxylic acids is 1. The number of aliphatic hydroxyl groups excluding tert-OH is 1. The van der Waals surface area contributed by atoms with E-state index in [0.717, 1.165) is 13.1 Å². The molecule has 0 amide bonds. The predicted octanol–water partition coefficient (Wildman–Crippen LogP) is -0.352. The maximum Gasteiger partial charge on any atom is 0.332 e.